The van der Waals surface area contributed by atoms with Gasteiger partial charge in [0.1, 0.15) is 5.52 Å². The van der Waals surface area contributed by atoms with Crippen molar-refractivity contribution in [3.8, 4) is 10.7 Å². The molecule has 9 nitrogen and oxygen atoms in total. The van der Waals surface area contributed by atoms with Crippen LogP contribution < -0.4 is 15.5 Å². The molecule has 188 valence electrons. The molecule has 0 bridgehead atoms. The molecule has 1 fully saturated rings. The first-order valence-electron chi connectivity index (χ1n) is 12.0. The molecule has 1 aliphatic heterocycles. The van der Waals surface area contributed by atoms with Crippen LogP contribution in [0.1, 0.15) is 24.2 Å². The number of piperazine rings is 1. The van der Waals surface area contributed by atoms with Crippen molar-refractivity contribution in [2.45, 2.75) is 25.9 Å². The number of aryl methyl sites for hydroxylation is 1. The Kier molecular flexibility index (Phi) is 5.81. The van der Waals surface area contributed by atoms with Gasteiger partial charge in [-0.15, -0.1) is 11.3 Å². The summed E-state index contributed by atoms with van der Waals surface area (Å²) >= 11 is 1.43. The quantitative estimate of drug-likeness (QED) is 0.369. The normalized spacial score (nSPS) is 18.0. The summed E-state index contributed by atoms with van der Waals surface area (Å²) in [5, 5.41) is 11.9. The predicted octanol–water partition coefficient (Wildman–Crippen LogP) is 4.22. The molecule has 0 spiro atoms. The first kappa shape index (κ1) is 23.4. The number of nitrogens with zero attached hydrogens (tertiary/aromatic N) is 6. The van der Waals surface area contributed by atoms with Gasteiger partial charge in [-0.25, -0.2) is 14.4 Å². The lowest BCUT2D eigenvalue weighted by atomic mass is 10.0. The summed E-state index contributed by atoms with van der Waals surface area (Å²) in [6.45, 7) is 5.96. The standard InChI is InChI=1S/C26H25FN8OS/c1-14-10-35(11-15(2)30-14)21-5-4-18(24-19(21)8-29-25(32-24)22-9-28-13-37-22)26(36)31-17-6-16-12-34(3)33-23(16)20(27)7-17/h4-9,12-15,30H,10-11H2,1-3H3,(H,31,36)/t14-,15+. The number of thiazole rings is 1. The molecule has 11 heteroatoms. The Morgan fingerprint density at radius 1 is 1.16 bits per heavy atom. The van der Waals surface area contributed by atoms with E-state index in [1.807, 2.05) is 6.07 Å². The van der Waals surface area contributed by atoms with E-state index < -0.39 is 5.82 Å². The van der Waals surface area contributed by atoms with Crippen LogP contribution >= 0.6 is 11.3 Å². The molecule has 1 aliphatic rings. The van der Waals surface area contributed by atoms with Crippen LogP contribution in [-0.4, -0.2) is 55.8 Å². The molecule has 3 aromatic heterocycles. The molecule has 0 radical (unpaired) electrons. The number of hydrogen-bond acceptors (Lipinski definition) is 8. The number of amides is 1. The van der Waals surface area contributed by atoms with Crippen LogP contribution in [0.5, 0.6) is 0 Å². The number of fused-ring (bicyclic) bond motifs is 2. The Morgan fingerprint density at radius 3 is 2.73 bits per heavy atom. The zero-order valence-corrected chi connectivity index (χ0v) is 21.4. The van der Waals surface area contributed by atoms with Gasteiger partial charge in [-0.05, 0) is 38.1 Å². The minimum atomic E-state index is -0.495. The molecule has 4 heterocycles. The highest BCUT2D eigenvalue weighted by atomic mass is 32.1. The predicted molar refractivity (Wildman–Crippen MR) is 144 cm³/mol. The van der Waals surface area contributed by atoms with Crippen LogP contribution in [0.25, 0.3) is 32.5 Å². The van der Waals surface area contributed by atoms with E-state index in [1.54, 1.807) is 48.0 Å². The highest BCUT2D eigenvalue weighted by molar-refractivity contribution is 7.13. The summed E-state index contributed by atoms with van der Waals surface area (Å²) in [6.07, 6.45) is 5.20. The van der Waals surface area contributed by atoms with Crippen molar-refractivity contribution in [1.29, 1.82) is 0 Å². The zero-order valence-electron chi connectivity index (χ0n) is 20.6. The van der Waals surface area contributed by atoms with E-state index in [2.05, 4.69) is 44.4 Å². The second-order valence-electron chi connectivity index (χ2n) is 9.48. The van der Waals surface area contributed by atoms with E-state index in [9.17, 15) is 9.18 Å². The van der Waals surface area contributed by atoms with Gasteiger partial charge in [0.2, 0.25) is 0 Å². The lowest BCUT2D eigenvalue weighted by Crippen LogP contribution is -2.54. The van der Waals surface area contributed by atoms with E-state index in [1.165, 1.54) is 17.4 Å². The summed E-state index contributed by atoms with van der Waals surface area (Å²) in [5.41, 5.74) is 4.23. The van der Waals surface area contributed by atoms with Crippen molar-refractivity contribution in [2.75, 3.05) is 23.3 Å². The van der Waals surface area contributed by atoms with Crippen molar-refractivity contribution in [3.05, 3.63) is 59.7 Å². The second-order valence-corrected chi connectivity index (χ2v) is 10.4. The Morgan fingerprint density at radius 2 is 1.97 bits per heavy atom. The number of aromatic nitrogens is 5. The topological polar surface area (TPSA) is 101 Å². The Bertz CT molecular complexity index is 1620. The monoisotopic (exact) mass is 516 g/mol. The Balaban J connectivity index is 1.43. The Hall–Kier alpha value is -3.96. The number of nitrogens with one attached hydrogen (secondary N) is 2. The molecule has 5 aromatic rings. The van der Waals surface area contributed by atoms with Crippen LogP contribution in [0.3, 0.4) is 0 Å². The third-order valence-electron chi connectivity index (χ3n) is 6.46. The maximum absolute atomic E-state index is 14.6. The molecule has 0 unspecified atom stereocenters. The summed E-state index contributed by atoms with van der Waals surface area (Å²) < 4.78 is 16.2. The van der Waals surface area contributed by atoms with Crippen molar-refractivity contribution in [2.24, 2.45) is 7.05 Å². The maximum Gasteiger partial charge on any atom is 0.257 e. The average molecular weight is 517 g/mol. The van der Waals surface area contributed by atoms with Gasteiger partial charge in [-0.2, -0.15) is 5.10 Å². The lowest BCUT2D eigenvalue weighted by molar-refractivity contribution is 0.102. The second kappa shape index (κ2) is 9.16. The number of halogens is 1. The Labute approximate surface area is 216 Å². The molecule has 0 saturated carbocycles. The number of carbonyl (C=O) groups excluding carboxylic acids is 1. The van der Waals surface area contributed by atoms with Gasteiger partial charge >= 0.3 is 0 Å². The molecule has 0 aliphatic carbocycles. The van der Waals surface area contributed by atoms with Crippen LogP contribution in [0.2, 0.25) is 0 Å². The third kappa shape index (κ3) is 4.40. The van der Waals surface area contributed by atoms with Gasteiger partial charge in [-0.3, -0.25) is 14.5 Å². The molecule has 2 atom stereocenters. The number of carbonyl (C=O) groups is 1. The van der Waals surface area contributed by atoms with Crippen molar-refractivity contribution in [3.63, 3.8) is 0 Å². The average Bonchev–Trinajstić information content (AvgIpc) is 3.52. The fourth-order valence-electron chi connectivity index (χ4n) is 5.02. The SMILES string of the molecule is C[C@@H]1CN(c2ccc(C(=O)Nc3cc(F)c4nn(C)cc4c3)c3nc(-c4cncs4)ncc23)C[C@H](C)N1. The van der Waals surface area contributed by atoms with Crippen LogP contribution in [0.4, 0.5) is 15.8 Å². The van der Waals surface area contributed by atoms with Gasteiger partial charge in [0.05, 0.1) is 21.5 Å². The summed E-state index contributed by atoms with van der Waals surface area (Å²) in [5.74, 6) is -0.369. The van der Waals surface area contributed by atoms with Gasteiger partial charge in [-0.1, -0.05) is 0 Å². The van der Waals surface area contributed by atoms with Crippen molar-refractivity contribution >= 4 is 50.4 Å². The molecule has 37 heavy (non-hydrogen) atoms. The fourth-order valence-corrected chi connectivity index (χ4v) is 5.58. The molecule has 1 amide bonds. The number of anilines is 2. The third-order valence-corrected chi connectivity index (χ3v) is 7.23. The number of hydrogen-bond donors (Lipinski definition) is 2. The molecular formula is C26H25FN8OS. The molecule has 2 aromatic carbocycles. The van der Waals surface area contributed by atoms with Gasteiger partial charge in [0.15, 0.2) is 11.6 Å². The molecular weight excluding hydrogens is 491 g/mol. The smallest absolute Gasteiger partial charge is 0.257 e. The largest absolute Gasteiger partial charge is 0.368 e. The minimum Gasteiger partial charge on any atom is -0.368 e. The van der Waals surface area contributed by atoms with E-state index >= 15 is 0 Å². The van der Waals surface area contributed by atoms with E-state index in [4.69, 9.17) is 4.98 Å². The molecule has 1 saturated heterocycles. The van der Waals surface area contributed by atoms with E-state index in [0.29, 0.717) is 40.1 Å². The fraction of sp³-hybridized carbons (Fsp3) is 0.269. The first-order valence-corrected chi connectivity index (χ1v) is 12.9. The highest BCUT2D eigenvalue weighted by Gasteiger charge is 2.25. The van der Waals surface area contributed by atoms with Crippen LogP contribution in [0.15, 0.2) is 48.4 Å². The van der Waals surface area contributed by atoms with Gasteiger partial charge in [0, 0.05) is 73.0 Å². The summed E-state index contributed by atoms with van der Waals surface area (Å²) in [6, 6.07) is 7.36. The molecule has 2 N–H and O–H groups in total. The first-order chi connectivity index (χ1) is 17.9. The maximum atomic E-state index is 14.6. The highest BCUT2D eigenvalue weighted by Crippen LogP contribution is 2.32. The minimum absolute atomic E-state index is 0.261. The van der Waals surface area contributed by atoms with Crippen molar-refractivity contribution < 1.29 is 9.18 Å². The van der Waals surface area contributed by atoms with E-state index in [-0.39, 0.29) is 11.4 Å². The molecule has 6 rings (SSSR count). The van der Waals surface area contributed by atoms with E-state index in [0.717, 1.165) is 29.0 Å². The van der Waals surface area contributed by atoms with Crippen LogP contribution in [0, 0.1) is 5.82 Å². The number of rotatable bonds is 4. The van der Waals surface area contributed by atoms with Gasteiger partial charge < -0.3 is 15.5 Å². The zero-order chi connectivity index (χ0) is 25.7. The number of benzene rings is 2. The lowest BCUT2D eigenvalue weighted by Gasteiger charge is -2.38. The summed E-state index contributed by atoms with van der Waals surface area (Å²) in [4.78, 5) is 30.2. The van der Waals surface area contributed by atoms with Crippen LogP contribution in [-0.2, 0) is 7.05 Å². The van der Waals surface area contributed by atoms with Crippen molar-refractivity contribution in [1.82, 2.24) is 30.0 Å². The summed E-state index contributed by atoms with van der Waals surface area (Å²) in [7, 11) is 1.73. The van der Waals surface area contributed by atoms with Gasteiger partial charge in [0.25, 0.3) is 5.91 Å².